The number of rotatable bonds is 3. The van der Waals surface area contributed by atoms with Crippen LogP contribution in [0.3, 0.4) is 0 Å². The summed E-state index contributed by atoms with van der Waals surface area (Å²) in [5.74, 6) is -1.19. The van der Waals surface area contributed by atoms with Crippen molar-refractivity contribution in [3.8, 4) is 11.6 Å². The van der Waals surface area contributed by atoms with Gasteiger partial charge in [-0.15, -0.1) is 13.2 Å². The standard InChI is InChI=1S/C7H4ClF3INO4S/c1-16-5-3(18(8,14)15)2-4(13-6(5)12)17-7(9,10)11/h2H,1H3. The van der Waals surface area contributed by atoms with Gasteiger partial charge in [0.05, 0.1) is 7.11 Å². The molecule has 0 aromatic carbocycles. The number of halogens is 5. The van der Waals surface area contributed by atoms with Gasteiger partial charge in [0.2, 0.25) is 5.88 Å². The summed E-state index contributed by atoms with van der Waals surface area (Å²) in [4.78, 5) is 2.75. The van der Waals surface area contributed by atoms with E-state index < -0.39 is 26.2 Å². The van der Waals surface area contributed by atoms with Gasteiger partial charge >= 0.3 is 6.36 Å². The fourth-order valence-corrected chi connectivity index (χ4v) is 2.91. The maximum absolute atomic E-state index is 12.0. The Balaban J connectivity index is 3.41. The molecule has 102 valence electrons. The van der Waals surface area contributed by atoms with Crippen LogP contribution < -0.4 is 9.47 Å². The molecule has 0 unspecified atom stereocenters. The van der Waals surface area contributed by atoms with Gasteiger partial charge < -0.3 is 9.47 Å². The molecule has 18 heavy (non-hydrogen) atoms. The largest absolute Gasteiger partial charge is 0.574 e. The molecule has 0 amide bonds. The second-order valence-electron chi connectivity index (χ2n) is 2.77. The normalized spacial score (nSPS) is 12.3. The Morgan fingerprint density at radius 1 is 1.44 bits per heavy atom. The Labute approximate surface area is 118 Å². The zero-order valence-electron chi connectivity index (χ0n) is 8.46. The third kappa shape index (κ3) is 4.02. The van der Waals surface area contributed by atoms with Gasteiger partial charge in [-0.05, 0) is 22.6 Å². The van der Waals surface area contributed by atoms with Crippen molar-refractivity contribution in [3.63, 3.8) is 0 Å². The fourth-order valence-electron chi connectivity index (χ4n) is 0.996. The lowest BCUT2D eigenvalue weighted by Gasteiger charge is -2.12. The van der Waals surface area contributed by atoms with Gasteiger partial charge in [0, 0.05) is 16.7 Å². The highest BCUT2D eigenvalue weighted by Crippen LogP contribution is 2.34. The van der Waals surface area contributed by atoms with Crippen LogP contribution in [0.15, 0.2) is 11.0 Å². The highest BCUT2D eigenvalue weighted by Gasteiger charge is 2.33. The molecule has 0 N–H and O–H groups in total. The highest BCUT2D eigenvalue weighted by molar-refractivity contribution is 14.1. The van der Waals surface area contributed by atoms with E-state index in [0.29, 0.717) is 6.07 Å². The molecule has 0 aliphatic carbocycles. The van der Waals surface area contributed by atoms with Crippen LogP contribution in [-0.4, -0.2) is 26.9 Å². The maximum atomic E-state index is 12.0. The van der Waals surface area contributed by atoms with Crippen molar-refractivity contribution in [1.82, 2.24) is 4.98 Å². The van der Waals surface area contributed by atoms with E-state index in [2.05, 4.69) is 9.72 Å². The van der Waals surface area contributed by atoms with Gasteiger partial charge in [-0.1, -0.05) is 0 Å². The minimum absolute atomic E-state index is 0.129. The first-order valence-electron chi connectivity index (χ1n) is 3.99. The van der Waals surface area contributed by atoms with Crippen molar-refractivity contribution < 1.29 is 31.1 Å². The second-order valence-corrected chi connectivity index (χ2v) is 6.32. The molecular weight excluding hydrogens is 413 g/mol. The van der Waals surface area contributed by atoms with Crippen LogP contribution in [0.25, 0.3) is 0 Å². The molecule has 1 aromatic rings. The predicted octanol–water partition coefficient (Wildman–Crippen LogP) is 2.52. The van der Waals surface area contributed by atoms with E-state index in [1.807, 2.05) is 0 Å². The van der Waals surface area contributed by atoms with Crippen LogP contribution in [0.5, 0.6) is 11.6 Å². The lowest BCUT2D eigenvalue weighted by atomic mass is 10.4. The Morgan fingerprint density at radius 3 is 2.39 bits per heavy atom. The molecule has 0 aliphatic rings. The molecule has 1 aromatic heterocycles. The molecule has 0 aliphatic heterocycles. The van der Waals surface area contributed by atoms with Crippen LogP contribution in [0.1, 0.15) is 0 Å². The van der Waals surface area contributed by atoms with E-state index in [1.165, 1.54) is 22.6 Å². The molecule has 5 nitrogen and oxygen atoms in total. The van der Waals surface area contributed by atoms with Crippen LogP contribution >= 0.6 is 33.3 Å². The molecule has 0 radical (unpaired) electrons. The average Bonchev–Trinajstić information content (AvgIpc) is 2.12. The summed E-state index contributed by atoms with van der Waals surface area (Å²) < 4.78 is 66.5. The van der Waals surface area contributed by atoms with E-state index in [-0.39, 0.29) is 9.45 Å². The third-order valence-corrected chi connectivity index (χ3v) is 3.62. The van der Waals surface area contributed by atoms with E-state index in [0.717, 1.165) is 7.11 Å². The van der Waals surface area contributed by atoms with Gasteiger partial charge in [0.25, 0.3) is 9.05 Å². The number of hydrogen-bond donors (Lipinski definition) is 0. The summed E-state index contributed by atoms with van der Waals surface area (Å²) in [6.45, 7) is 0. The maximum Gasteiger partial charge on any atom is 0.574 e. The smallest absolute Gasteiger partial charge is 0.493 e. The van der Waals surface area contributed by atoms with Gasteiger partial charge in [0.15, 0.2) is 5.75 Å². The summed E-state index contributed by atoms with van der Waals surface area (Å²) in [6, 6.07) is 0.539. The summed E-state index contributed by atoms with van der Waals surface area (Å²) in [7, 11) is 1.92. The Hall–Kier alpha value is -0.490. The quantitative estimate of drug-likeness (QED) is 0.430. The molecule has 0 bridgehead atoms. The monoisotopic (exact) mass is 417 g/mol. The van der Waals surface area contributed by atoms with E-state index >= 15 is 0 Å². The Morgan fingerprint density at radius 2 is 2.00 bits per heavy atom. The van der Waals surface area contributed by atoms with E-state index in [4.69, 9.17) is 15.4 Å². The zero-order chi connectivity index (χ0) is 14.1. The van der Waals surface area contributed by atoms with Crippen molar-refractivity contribution in [1.29, 1.82) is 0 Å². The summed E-state index contributed by atoms with van der Waals surface area (Å²) >= 11 is 1.50. The third-order valence-electron chi connectivity index (χ3n) is 1.56. The lowest BCUT2D eigenvalue weighted by Crippen LogP contribution is -2.18. The van der Waals surface area contributed by atoms with Crippen LogP contribution in [0.4, 0.5) is 13.2 Å². The first kappa shape index (κ1) is 15.6. The topological polar surface area (TPSA) is 65.5 Å². The molecule has 0 saturated heterocycles. The first-order chi connectivity index (χ1) is 8.04. The minimum Gasteiger partial charge on any atom is -0.493 e. The second kappa shape index (κ2) is 5.25. The first-order valence-corrected chi connectivity index (χ1v) is 7.38. The molecule has 0 atom stereocenters. The number of ether oxygens (including phenoxy) is 2. The number of alkyl halides is 3. The predicted molar refractivity (Wildman–Crippen MR) is 63.2 cm³/mol. The number of aromatic nitrogens is 1. The number of pyridine rings is 1. The fraction of sp³-hybridized carbons (Fsp3) is 0.286. The van der Waals surface area contributed by atoms with Gasteiger partial charge in [0.1, 0.15) is 8.60 Å². The lowest BCUT2D eigenvalue weighted by molar-refractivity contribution is -0.276. The summed E-state index contributed by atoms with van der Waals surface area (Å²) in [5, 5.41) is 0. The average molecular weight is 418 g/mol. The van der Waals surface area contributed by atoms with Crippen molar-refractivity contribution in [2.45, 2.75) is 11.3 Å². The van der Waals surface area contributed by atoms with Crippen LogP contribution in [0, 0.1) is 3.70 Å². The van der Waals surface area contributed by atoms with Crippen molar-refractivity contribution in [3.05, 3.63) is 9.77 Å². The van der Waals surface area contributed by atoms with Crippen molar-refractivity contribution in [2.75, 3.05) is 7.11 Å². The molecule has 1 heterocycles. The number of hydrogen-bond acceptors (Lipinski definition) is 5. The molecule has 0 spiro atoms. The number of methoxy groups -OCH3 is 1. The highest BCUT2D eigenvalue weighted by atomic mass is 127. The summed E-state index contributed by atoms with van der Waals surface area (Å²) in [6.07, 6.45) is -4.99. The van der Waals surface area contributed by atoms with E-state index in [1.54, 1.807) is 0 Å². The van der Waals surface area contributed by atoms with Crippen molar-refractivity contribution >= 4 is 42.3 Å². The molecule has 1 rings (SSSR count). The Kier molecular flexibility index (Phi) is 4.54. The van der Waals surface area contributed by atoms with Crippen LogP contribution in [0.2, 0.25) is 0 Å². The van der Waals surface area contributed by atoms with E-state index in [9.17, 15) is 21.6 Å². The number of nitrogens with zero attached hydrogens (tertiary/aromatic N) is 1. The molecular formula is C7H4ClF3INO4S. The van der Waals surface area contributed by atoms with Crippen molar-refractivity contribution in [2.24, 2.45) is 0 Å². The Bertz CT molecular complexity index is 563. The molecule has 11 heteroatoms. The minimum atomic E-state index is -4.99. The SMILES string of the molecule is COc1c(S(=O)(=O)Cl)cc(OC(F)(F)F)nc1I. The summed E-state index contributed by atoms with van der Waals surface area (Å²) in [5.41, 5.74) is 0. The van der Waals surface area contributed by atoms with Gasteiger partial charge in [-0.2, -0.15) is 0 Å². The zero-order valence-corrected chi connectivity index (χ0v) is 12.2. The molecule has 0 saturated carbocycles. The van der Waals surface area contributed by atoms with Crippen LogP contribution in [-0.2, 0) is 9.05 Å². The van der Waals surface area contributed by atoms with Gasteiger partial charge in [-0.25, -0.2) is 13.4 Å². The van der Waals surface area contributed by atoms with Gasteiger partial charge in [-0.3, -0.25) is 0 Å². The molecule has 0 fully saturated rings.